The number of hydrogen-bond donors (Lipinski definition) is 1. The molecule has 10 heteroatoms. The highest BCUT2D eigenvalue weighted by Gasteiger charge is 2.22. The highest BCUT2D eigenvalue weighted by Crippen LogP contribution is 2.22. The number of amides is 1. The zero-order chi connectivity index (χ0) is 25.6. The minimum absolute atomic E-state index is 0.0484. The normalized spacial score (nSPS) is 12.4. The number of methoxy groups -OCH3 is 1. The molecule has 0 saturated carbocycles. The monoisotopic (exact) mass is 514 g/mol. The molecule has 1 N–H and O–H groups in total. The van der Waals surface area contributed by atoms with E-state index in [1.165, 1.54) is 23.4 Å². The van der Waals surface area contributed by atoms with Gasteiger partial charge in [0.2, 0.25) is 10.0 Å². The molecule has 35 heavy (non-hydrogen) atoms. The summed E-state index contributed by atoms with van der Waals surface area (Å²) in [6, 6.07) is 16.6. The van der Waals surface area contributed by atoms with E-state index in [2.05, 4.69) is 25.0 Å². The van der Waals surface area contributed by atoms with Crippen LogP contribution >= 0.6 is 0 Å². The molecule has 0 spiro atoms. The van der Waals surface area contributed by atoms with Gasteiger partial charge < -0.3 is 9.47 Å². The average Bonchev–Trinajstić information content (AvgIpc) is 3.25. The SMILES string of the molecule is COC(=O)C(=Cc1ccc2c(ccn2S(=O)(=O)CC[Si](C)(C)C)c1)NC(=O)OCc1ccccc1. The van der Waals surface area contributed by atoms with Crippen molar-refractivity contribution in [2.45, 2.75) is 32.3 Å². The van der Waals surface area contributed by atoms with Gasteiger partial charge in [0.1, 0.15) is 12.3 Å². The van der Waals surface area contributed by atoms with Crippen LogP contribution in [-0.4, -0.2) is 45.4 Å². The molecular weight excluding hydrogens is 484 g/mol. The van der Waals surface area contributed by atoms with Gasteiger partial charge in [-0.25, -0.2) is 22.0 Å². The molecule has 0 aliphatic carbocycles. The summed E-state index contributed by atoms with van der Waals surface area (Å²) in [4.78, 5) is 24.5. The molecule has 8 nitrogen and oxygen atoms in total. The Labute approximate surface area is 206 Å². The Balaban J connectivity index is 1.80. The predicted molar refractivity (Wildman–Crippen MR) is 139 cm³/mol. The molecule has 0 aliphatic rings. The molecule has 0 atom stereocenters. The van der Waals surface area contributed by atoms with E-state index in [-0.39, 0.29) is 18.1 Å². The van der Waals surface area contributed by atoms with Gasteiger partial charge in [0.25, 0.3) is 0 Å². The van der Waals surface area contributed by atoms with Crippen LogP contribution in [0.2, 0.25) is 25.7 Å². The van der Waals surface area contributed by atoms with Crippen molar-refractivity contribution in [1.82, 2.24) is 9.29 Å². The van der Waals surface area contributed by atoms with Crippen LogP contribution in [-0.2, 0) is 30.9 Å². The van der Waals surface area contributed by atoms with Gasteiger partial charge >= 0.3 is 12.1 Å². The number of hydrogen-bond acceptors (Lipinski definition) is 6. The summed E-state index contributed by atoms with van der Waals surface area (Å²) in [5, 5.41) is 3.11. The van der Waals surface area contributed by atoms with Crippen molar-refractivity contribution >= 4 is 47.1 Å². The summed E-state index contributed by atoms with van der Waals surface area (Å²) >= 11 is 0. The zero-order valence-electron chi connectivity index (χ0n) is 20.3. The number of carbonyl (C=O) groups excluding carboxylic acids is 2. The lowest BCUT2D eigenvalue weighted by Gasteiger charge is -2.16. The number of benzene rings is 2. The van der Waals surface area contributed by atoms with E-state index in [1.54, 1.807) is 24.3 Å². The average molecular weight is 515 g/mol. The first-order chi connectivity index (χ1) is 16.5. The first kappa shape index (κ1) is 26.2. The quantitative estimate of drug-likeness (QED) is 0.254. The summed E-state index contributed by atoms with van der Waals surface area (Å²) in [6.07, 6.45) is 2.19. The van der Waals surface area contributed by atoms with Crippen molar-refractivity contribution < 1.29 is 27.5 Å². The van der Waals surface area contributed by atoms with Crippen LogP contribution in [0.4, 0.5) is 4.79 Å². The van der Waals surface area contributed by atoms with Crippen molar-refractivity contribution in [2.75, 3.05) is 12.9 Å². The third-order valence-electron chi connectivity index (χ3n) is 5.25. The fourth-order valence-electron chi connectivity index (χ4n) is 3.29. The number of fused-ring (bicyclic) bond motifs is 1. The van der Waals surface area contributed by atoms with Crippen LogP contribution in [0.3, 0.4) is 0 Å². The molecule has 0 saturated heterocycles. The maximum atomic E-state index is 12.9. The number of aromatic nitrogens is 1. The fraction of sp³-hybridized carbons (Fsp3) is 0.280. The molecule has 0 bridgehead atoms. The van der Waals surface area contributed by atoms with Gasteiger partial charge in [-0.1, -0.05) is 56.0 Å². The molecule has 2 aromatic carbocycles. The topological polar surface area (TPSA) is 104 Å². The third-order valence-corrected chi connectivity index (χ3v) is 9.00. The zero-order valence-corrected chi connectivity index (χ0v) is 22.1. The van der Waals surface area contributed by atoms with Gasteiger partial charge in [0.15, 0.2) is 0 Å². The van der Waals surface area contributed by atoms with Gasteiger partial charge in [-0.15, -0.1) is 0 Å². The number of nitrogens with zero attached hydrogens (tertiary/aromatic N) is 1. The van der Waals surface area contributed by atoms with Crippen molar-refractivity contribution in [3.63, 3.8) is 0 Å². The summed E-state index contributed by atoms with van der Waals surface area (Å²) in [7, 11) is -3.79. The van der Waals surface area contributed by atoms with Crippen LogP contribution < -0.4 is 5.32 Å². The number of ether oxygens (including phenoxy) is 2. The van der Waals surface area contributed by atoms with E-state index >= 15 is 0 Å². The lowest BCUT2D eigenvalue weighted by molar-refractivity contribution is -0.136. The Hall–Kier alpha value is -3.37. The second kappa shape index (κ2) is 10.9. The van der Waals surface area contributed by atoms with E-state index in [0.717, 1.165) is 5.56 Å². The summed E-state index contributed by atoms with van der Waals surface area (Å²) in [5.41, 5.74) is 1.83. The second-order valence-electron chi connectivity index (χ2n) is 9.29. The lowest BCUT2D eigenvalue weighted by Crippen LogP contribution is -2.28. The standard InChI is InChI=1S/C25H30N2O6SSi/c1-32-24(28)22(26-25(29)33-18-19-8-6-5-7-9-19)17-20-10-11-23-21(16-20)12-13-27(23)34(30,31)14-15-35(2,3)4/h5-13,16-17H,14-15,18H2,1-4H3,(H,26,29). The van der Waals surface area contributed by atoms with Gasteiger partial charge in [0.05, 0.1) is 18.4 Å². The molecule has 1 heterocycles. The third kappa shape index (κ3) is 7.30. The van der Waals surface area contributed by atoms with E-state index in [4.69, 9.17) is 9.47 Å². The van der Waals surface area contributed by atoms with Crippen LogP contribution in [0.25, 0.3) is 17.0 Å². The molecule has 186 valence electrons. The maximum Gasteiger partial charge on any atom is 0.412 e. The summed E-state index contributed by atoms with van der Waals surface area (Å²) in [5.74, 6) is -0.649. The fourth-order valence-corrected chi connectivity index (χ4v) is 7.68. The van der Waals surface area contributed by atoms with Gasteiger partial charge in [0, 0.05) is 19.7 Å². The first-order valence-electron chi connectivity index (χ1n) is 11.1. The molecule has 3 aromatic rings. The molecule has 0 aliphatic heterocycles. The number of nitrogens with one attached hydrogen (secondary N) is 1. The van der Waals surface area contributed by atoms with Crippen molar-refractivity contribution in [1.29, 1.82) is 0 Å². The largest absolute Gasteiger partial charge is 0.464 e. The van der Waals surface area contributed by atoms with Crippen LogP contribution in [0.1, 0.15) is 11.1 Å². The van der Waals surface area contributed by atoms with Crippen LogP contribution in [0.15, 0.2) is 66.5 Å². The first-order valence-corrected chi connectivity index (χ1v) is 16.4. The molecule has 0 radical (unpaired) electrons. The number of esters is 1. The van der Waals surface area contributed by atoms with E-state index < -0.39 is 30.2 Å². The highest BCUT2D eigenvalue weighted by molar-refractivity contribution is 7.90. The number of carbonyl (C=O) groups is 2. The molecule has 1 amide bonds. The Morgan fingerprint density at radius 3 is 2.43 bits per heavy atom. The van der Waals surface area contributed by atoms with Gasteiger partial charge in [-0.05, 0) is 41.4 Å². The minimum Gasteiger partial charge on any atom is -0.464 e. The predicted octanol–water partition coefficient (Wildman–Crippen LogP) is 4.60. The number of alkyl carbamates (subject to hydrolysis) is 1. The van der Waals surface area contributed by atoms with Crippen LogP contribution in [0.5, 0.6) is 0 Å². The lowest BCUT2D eigenvalue weighted by atomic mass is 10.1. The van der Waals surface area contributed by atoms with E-state index in [0.29, 0.717) is 22.5 Å². The van der Waals surface area contributed by atoms with E-state index in [9.17, 15) is 18.0 Å². The highest BCUT2D eigenvalue weighted by atomic mass is 32.2. The Kier molecular flexibility index (Phi) is 8.18. The van der Waals surface area contributed by atoms with Gasteiger partial charge in [-0.3, -0.25) is 5.32 Å². The Bertz CT molecular complexity index is 1340. The van der Waals surface area contributed by atoms with Gasteiger partial charge in [-0.2, -0.15) is 0 Å². The molecule has 3 rings (SSSR count). The Morgan fingerprint density at radius 1 is 1.06 bits per heavy atom. The summed E-state index contributed by atoms with van der Waals surface area (Å²) in [6.45, 7) is 6.46. The minimum atomic E-state index is -3.49. The van der Waals surface area contributed by atoms with Crippen molar-refractivity contribution in [3.8, 4) is 0 Å². The smallest absolute Gasteiger partial charge is 0.412 e. The van der Waals surface area contributed by atoms with Crippen molar-refractivity contribution in [3.05, 3.63) is 77.6 Å². The maximum absolute atomic E-state index is 12.9. The second-order valence-corrected chi connectivity index (χ2v) is 16.9. The van der Waals surface area contributed by atoms with Crippen LogP contribution in [0, 0.1) is 0 Å². The molecule has 0 unspecified atom stereocenters. The molecular formula is C25H30N2O6SSi. The van der Waals surface area contributed by atoms with E-state index in [1.807, 2.05) is 30.3 Å². The Morgan fingerprint density at radius 2 is 1.77 bits per heavy atom. The molecule has 1 aromatic heterocycles. The number of rotatable bonds is 9. The summed E-state index contributed by atoms with van der Waals surface area (Å²) < 4.78 is 37.0. The molecule has 0 fully saturated rings. The van der Waals surface area contributed by atoms with Crippen molar-refractivity contribution in [2.24, 2.45) is 0 Å².